The van der Waals surface area contributed by atoms with E-state index in [0.717, 1.165) is 11.8 Å². The number of nitrogens with two attached hydrogens (primary N) is 1. The molecule has 0 aliphatic carbocycles. The summed E-state index contributed by atoms with van der Waals surface area (Å²) in [4.78, 5) is 0. The number of benzene rings is 1. The molecule has 4 N–H and O–H groups in total. The van der Waals surface area contributed by atoms with E-state index in [1.54, 1.807) is 0 Å². The van der Waals surface area contributed by atoms with Crippen LogP contribution >= 0.6 is 12.2 Å². The standard InChI is InChI=1S/C10H15N3O2S2/c1-17(14,15)13-9(12-10(11)16)7-8-5-3-2-4-6-8/h2-6,9,13H,7H2,1H3,(H3,11,12,16). The first-order valence-electron chi connectivity index (χ1n) is 4.94. The topological polar surface area (TPSA) is 84.2 Å². The van der Waals surface area contributed by atoms with Gasteiger partial charge in [0.15, 0.2) is 5.11 Å². The van der Waals surface area contributed by atoms with Crippen molar-refractivity contribution in [1.29, 1.82) is 0 Å². The average molecular weight is 273 g/mol. The first-order valence-corrected chi connectivity index (χ1v) is 7.24. The van der Waals surface area contributed by atoms with Gasteiger partial charge in [0.25, 0.3) is 0 Å². The van der Waals surface area contributed by atoms with Gasteiger partial charge >= 0.3 is 0 Å². The van der Waals surface area contributed by atoms with Gasteiger partial charge in [0.2, 0.25) is 10.0 Å². The molecule has 0 fully saturated rings. The highest BCUT2D eigenvalue weighted by molar-refractivity contribution is 7.88. The Morgan fingerprint density at radius 1 is 1.41 bits per heavy atom. The van der Waals surface area contributed by atoms with Crippen LogP contribution in [0.2, 0.25) is 0 Å². The SMILES string of the molecule is CS(=O)(=O)NC(Cc1ccccc1)NC(N)=S. The highest BCUT2D eigenvalue weighted by Crippen LogP contribution is 2.02. The number of sulfonamides is 1. The fourth-order valence-electron chi connectivity index (χ4n) is 1.40. The van der Waals surface area contributed by atoms with Crippen LogP contribution in [0.15, 0.2) is 30.3 Å². The van der Waals surface area contributed by atoms with Crippen molar-refractivity contribution in [2.45, 2.75) is 12.6 Å². The maximum absolute atomic E-state index is 11.2. The Morgan fingerprint density at radius 3 is 2.47 bits per heavy atom. The van der Waals surface area contributed by atoms with Crippen LogP contribution in [0, 0.1) is 0 Å². The molecule has 7 heteroatoms. The van der Waals surface area contributed by atoms with Gasteiger partial charge in [0.1, 0.15) is 0 Å². The fourth-order valence-corrected chi connectivity index (χ4v) is 2.20. The largest absolute Gasteiger partial charge is 0.376 e. The summed E-state index contributed by atoms with van der Waals surface area (Å²) in [6.45, 7) is 0. The molecule has 1 aromatic rings. The lowest BCUT2D eigenvalue weighted by molar-refractivity contribution is 0.534. The lowest BCUT2D eigenvalue weighted by Crippen LogP contribution is -2.50. The first kappa shape index (κ1) is 13.9. The summed E-state index contributed by atoms with van der Waals surface area (Å²) < 4.78 is 24.8. The van der Waals surface area contributed by atoms with Crippen LogP contribution < -0.4 is 15.8 Å². The van der Waals surface area contributed by atoms with Gasteiger partial charge in [-0.05, 0) is 17.8 Å². The summed E-state index contributed by atoms with van der Waals surface area (Å²) >= 11 is 4.71. The van der Waals surface area contributed by atoms with Crippen LogP contribution in [-0.2, 0) is 16.4 Å². The van der Waals surface area contributed by atoms with Crippen LogP contribution in [0.5, 0.6) is 0 Å². The van der Waals surface area contributed by atoms with Crippen LogP contribution in [0.25, 0.3) is 0 Å². The van der Waals surface area contributed by atoms with E-state index in [0.29, 0.717) is 6.42 Å². The Bertz CT molecular complexity index is 474. The van der Waals surface area contributed by atoms with Crippen molar-refractivity contribution < 1.29 is 8.42 Å². The summed E-state index contributed by atoms with van der Waals surface area (Å²) in [7, 11) is -3.32. The van der Waals surface area contributed by atoms with E-state index >= 15 is 0 Å². The molecule has 0 bridgehead atoms. The van der Waals surface area contributed by atoms with Gasteiger partial charge in [0.05, 0.1) is 12.4 Å². The van der Waals surface area contributed by atoms with Crippen LogP contribution in [-0.4, -0.2) is 26.0 Å². The van der Waals surface area contributed by atoms with Gasteiger partial charge in [-0.2, -0.15) is 4.72 Å². The average Bonchev–Trinajstić information content (AvgIpc) is 2.15. The van der Waals surface area contributed by atoms with Gasteiger partial charge in [-0.1, -0.05) is 30.3 Å². The summed E-state index contributed by atoms with van der Waals surface area (Å²) in [5.74, 6) is 0. The molecule has 1 atom stereocenters. The third kappa shape index (κ3) is 6.20. The first-order chi connectivity index (χ1) is 7.87. The van der Waals surface area contributed by atoms with E-state index in [9.17, 15) is 8.42 Å². The highest BCUT2D eigenvalue weighted by Gasteiger charge is 2.14. The summed E-state index contributed by atoms with van der Waals surface area (Å²) in [6, 6.07) is 9.46. The number of rotatable bonds is 5. The zero-order chi connectivity index (χ0) is 12.9. The minimum atomic E-state index is -3.32. The van der Waals surface area contributed by atoms with Crippen molar-refractivity contribution in [2.24, 2.45) is 5.73 Å². The molecule has 0 aromatic heterocycles. The smallest absolute Gasteiger partial charge is 0.210 e. The molecule has 5 nitrogen and oxygen atoms in total. The van der Waals surface area contributed by atoms with E-state index < -0.39 is 16.2 Å². The molecule has 0 spiro atoms. The molecule has 1 unspecified atom stereocenters. The molecule has 0 heterocycles. The normalized spacial score (nSPS) is 13.0. The fraction of sp³-hybridized carbons (Fsp3) is 0.300. The number of hydrogen-bond donors (Lipinski definition) is 3. The number of thiocarbonyl (C=S) groups is 1. The van der Waals surface area contributed by atoms with Crippen molar-refractivity contribution in [3.63, 3.8) is 0 Å². The molecule has 0 saturated carbocycles. The maximum atomic E-state index is 11.2. The second kappa shape index (κ2) is 5.95. The Hall–Kier alpha value is -1.18. The van der Waals surface area contributed by atoms with Crippen molar-refractivity contribution in [3.05, 3.63) is 35.9 Å². The predicted molar refractivity (Wildman–Crippen MR) is 71.8 cm³/mol. The molecule has 0 amide bonds. The lowest BCUT2D eigenvalue weighted by Gasteiger charge is -2.19. The van der Waals surface area contributed by atoms with Gasteiger partial charge in [-0.3, -0.25) is 0 Å². The quantitative estimate of drug-likeness (QED) is 0.517. The van der Waals surface area contributed by atoms with Crippen LogP contribution in [0.1, 0.15) is 5.56 Å². The highest BCUT2D eigenvalue weighted by atomic mass is 32.2. The monoisotopic (exact) mass is 273 g/mol. The Kier molecular flexibility index (Phi) is 4.86. The Labute approximate surface area is 106 Å². The molecular weight excluding hydrogens is 258 g/mol. The molecule has 94 valence electrons. The van der Waals surface area contributed by atoms with E-state index in [4.69, 9.17) is 18.0 Å². The van der Waals surface area contributed by atoms with E-state index in [1.807, 2.05) is 30.3 Å². The van der Waals surface area contributed by atoms with E-state index in [1.165, 1.54) is 0 Å². The lowest BCUT2D eigenvalue weighted by atomic mass is 10.1. The molecule has 0 aliphatic rings. The van der Waals surface area contributed by atoms with E-state index in [2.05, 4.69) is 10.0 Å². The third-order valence-corrected chi connectivity index (χ3v) is 2.79. The Morgan fingerprint density at radius 2 is 2.00 bits per heavy atom. The molecule has 1 aromatic carbocycles. The number of hydrogen-bond acceptors (Lipinski definition) is 3. The Balaban J connectivity index is 2.74. The van der Waals surface area contributed by atoms with Gasteiger partial charge in [-0.15, -0.1) is 0 Å². The van der Waals surface area contributed by atoms with Crippen LogP contribution in [0.3, 0.4) is 0 Å². The minimum absolute atomic E-state index is 0.0575. The maximum Gasteiger partial charge on any atom is 0.210 e. The summed E-state index contributed by atoms with van der Waals surface area (Å²) in [5.41, 5.74) is 6.34. The van der Waals surface area contributed by atoms with Gasteiger partial charge in [-0.25, -0.2) is 8.42 Å². The molecule has 0 radical (unpaired) electrons. The third-order valence-electron chi connectivity index (χ3n) is 1.96. The van der Waals surface area contributed by atoms with E-state index in [-0.39, 0.29) is 5.11 Å². The van der Waals surface area contributed by atoms with Crippen molar-refractivity contribution >= 4 is 27.4 Å². The minimum Gasteiger partial charge on any atom is -0.376 e. The zero-order valence-corrected chi connectivity index (χ0v) is 11.0. The van der Waals surface area contributed by atoms with Crippen LogP contribution in [0.4, 0.5) is 0 Å². The molecule has 0 saturated heterocycles. The zero-order valence-electron chi connectivity index (χ0n) is 9.38. The van der Waals surface area contributed by atoms with Gasteiger partial charge in [0, 0.05) is 6.42 Å². The summed E-state index contributed by atoms with van der Waals surface area (Å²) in [6.07, 6.45) is 1.02. The van der Waals surface area contributed by atoms with Crippen molar-refractivity contribution in [2.75, 3.05) is 6.26 Å². The second-order valence-corrected chi connectivity index (χ2v) is 5.86. The van der Waals surface area contributed by atoms with Crippen molar-refractivity contribution in [1.82, 2.24) is 10.0 Å². The van der Waals surface area contributed by atoms with Gasteiger partial charge < -0.3 is 11.1 Å². The second-order valence-electron chi connectivity index (χ2n) is 3.64. The number of nitrogens with one attached hydrogen (secondary N) is 2. The molecule has 0 aliphatic heterocycles. The molecule has 17 heavy (non-hydrogen) atoms. The summed E-state index contributed by atoms with van der Waals surface area (Å²) in [5, 5.41) is 2.76. The van der Waals surface area contributed by atoms with Crippen molar-refractivity contribution in [3.8, 4) is 0 Å². The molecule has 1 rings (SSSR count). The molecular formula is C10H15N3O2S2. The predicted octanol–water partition coefficient (Wildman–Crippen LogP) is -0.0624.